The van der Waals surface area contributed by atoms with E-state index in [-0.39, 0.29) is 34.4 Å². The third-order valence-corrected chi connectivity index (χ3v) is 9.50. The van der Waals surface area contributed by atoms with E-state index in [0.29, 0.717) is 5.92 Å². The van der Waals surface area contributed by atoms with Crippen molar-refractivity contribution in [2.24, 2.45) is 22.7 Å². The van der Waals surface area contributed by atoms with Gasteiger partial charge in [0, 0.05) is 11.3 Å². The van der Waals surface area contributed by atoms with Gasteiger partial charge in [0.05, 0.1) is 11.8 Å². The summed E-state index contributed by atoms with van der Waals surface area (Å²) in [6.45, 7) is 4.46. The maximum atomic E-state index is 13.0. The standard InChI is InChI=1S/C17H27NO3S/c1-16(2)13-8-9-17(16)11-22(20,21)18(14(17)10-13)15(19)12-6-4-3-5-7-12/h12-14H,3-11H2,1-2H3/t13-,14-,17+/m1/s1. The molecule has 0 aromatic heterocycles. The molecule has 0 N–H and O–H groups in total. The number of sulfonamides is 1. The van der Waals surface area contributed by atoms with Gasteiger partial charge in [-0.3, -0.25) is 4.79 Å². The van der Waals surface area contributed by atoms with Gasteiger partial charge in [-0.2, -0.15) is 0 Å². The molecule has 0 aromatic rings. The van der Waals surface area contributed by atoms with Gasteiger partial charge in [-0.15, -0.1) is 0 Å². The Kier molecular flexibility index (Phi) is 3.06. The van der Waals surface area contributed by atoms with Crippen molar-refractivity contribution in [2.45, 2.75) is 71.3 Å². The molecular weight excluding hydrogens is 298 g/mol. The molecule has 4 aliphatic rings. The second-order valence-corrected chi connectivity index (χ2v) is 10.4. The Morgan fingerprint density at radius 3 is 2.41 bits per heavy atom. The summed E-state index contributed by atoms with van der Waals surface area (Å²) in [6, 6.07) is -0.0549. The Hall–Kier alpha value is -0.580. The zero-order chi connectivity index (χ0) is 15.8. The average Bonchev–Trinajstić information content (AvgIpc) is 2.94. The van der Waals surface area contributed by atoms with Crippen molar-refractivity contribution in [1.29, 1.82) is 0 Å². The summed E-state index contributed by atoms with van der Waals surface area (Å²) in [5, 5.41) is 0. The lowest BCUT2D eigenvalue weighted by Crippen LogP contribution is -2.46. The van der Waals surface area contributed by atoms with Crippen LogP contribution in [0, 0.1) is 22.7 Å². The molecule has 5 heteroatoms. The van der Waals surface area contributed by atoms with E-state index < -0.39 is 10.0 Å². The van der Waals surface area contributed by atoms with Crippen molar-refractivity contribution in [1.82, 2.24) is 4.31 Å². The molecule has 4 nitrogen and oxygen atoms in total. The number of amides is 1. The molecule has 0 aromatic carbocycles. The summed E-state index contributed by atoms with van der Waals surface area (Å²) in [6.07, 6.45) is 8.05. The van der Waals surface area contributed by atoms with Crippen LogP contribution in [0.5, 0.6) is 0 Å². The highest BCUT2D eigenvalue weighted by molar-refractivity contribution is 7.90. The van der Waals surface area contributed by atoms with E-state index in [0.717, 1.165) is 44.9 Å². The van der Waals surface area contributed by atoms with Gasteiger partial charge in [-0.05, 0) is 43.4 Å². The zero-order valence-electron chi connectivity index (χ0n) is 13.7. The molecule has 1 amide bonds. The first-order valence-corrected chi connectivity index (χ1v) is 10.5. The van der Waals surface area contributed by atoms with Gasteiger partial charge in [0.1, 0.15) is 0 Å². The smallest absolute Gasteiger partial charge is 0.239 e. The van der Waals surface area contributed by atoms with Crippen LogP contribution in [-0.2, 0) is 14.8 Å². The highest BCUT2D eigenvalue weighted by Gasteiger charge is 2.72. The maximum absolute atomic E-state index is 13.0. The minimum Gasteiger partial charge on any atom is -0.273 e. The molecule has 1 heterocycles. The van der Waals surface area contributed by atoms with E-state index >= 15 is 0 Å². The van der Waals surface area contributed by atoms with E-state index in [4.69, 9.17) is 0 Å². The van der Waals surface area contributed by atoms with Crippen molar-refractivity contribution in [3.05, 3.63) is 0 Å². The second-order valence-electron chi connectivity index (χ2n) is 8.59. The fourth-order valence-corrected chi connectivity index (χ4v) is 8.71. The van der Waals surface area contributed by atoms with E-state index in [1.165, 1.54) is 10.7 Å². The maximum Gasteiger partial charge on any atom is 0.239 e. The van der Waals surface area contributed by atoms with Crippen LogP contribution in [0.1, 0.15) is 65.2 Å². The van der Waals surface area contributed by atoms with Crippen LogP contribution >= 0.6 is 0 Å². The Balaban J connectivity index is 1.70. The third kappa shape index (κ3) is 1.69. The molecule has 3 aliphatic carbocycles. The number of hydrogen-bond acceptors (Lipinski definition) is 3. The summed E-state index contributed by atoms with van der Waals surface area (Å²) in [5.41, 5.74) is -0.132. The van der Waals surface area contributed by atoms with E-state index in [1.54, 1.807) is 0 Å². The molecule has 4 rings (SSSR count). The first-order chi connectivity index (χ1) is 10.3. The second kappa shape index (κ2) is 4.49. The van der Waals surface area contributed by atoms with Gasteiger partial charge in [0.15, 0.2) is 0 Å². The number of hydrogen-bond donors (Lipinski definition) is 0. The molecular formula is C17H27NO3S. The first-order valence-electron chi connectivity index (χ1n) is 8.85. The fourth-order valence-electron chi connectivity index (χ4n) is 6.11. The predicted octanol–water partition coefficient (Wildman–Crippen LogP) is 2.93. The number of carbonyl (C=O) groups is 1. The van der Waals surface area contributed by atoms with Crippen LogP contribution in [0.25, 0.3) is 0 Å². The van der Waals surface area contributed by atoms with Crippen molar-refractivity contribution < 1.29 is 13.2 Å². The number of rotatable bonds is 1. The van der Waals surface area contributed by atoms with E-state index in [9.17, 15) is 13.2 Å². The van der Waals surface area contributed by atoms with Crippen molar-refractivity contribution in [3.8, 4) is 0 Å². The quantitative estimate of drug-likeness (QED) is 0.745. The zero-order valence-corrected chi connectivity index (χ0v) is 14.5. The molecule has 3 atom stereocenters. The Morgan fingerprint density at radius 2 is 1.77 bits per heavy atom. The van der Waals surface area contributed by atoms with Gasteiger partial charge < -0.3 is 0 Å². The molecule has 1 saturated heterocycles. The lowest BCUT2D eigenvalue weighted by Gasteiger charge is -2.37. The summed E-state index contributed by atoms with van der Waals surface area (Å²) < 4.78 is 27.0. The largest absolute Gasteiger partial charge is 0.273 e. The Morgan fingerprint density at radius 1 is 1.09 bits per heavy atom. The highest BCUT2D eigenvalue weighted by Crippen LogP contribution is 2.70. The minimum atomic E-state index is -3.43. The van der Waals surface area contributed by atoms with Gasteiger partial charge in [-0.25, -0.2) is 12.7 Å². The molecule has 1 spiro atoms. The molecule has 0 radical (unpaired) electrons. The number of fused-ring (bicyclic) bond motifs is 1. The molecule has 124 valence electrons. The number of carbonyl (C=O) groups excluding carboxylic acids is 1. The average molecular weight is 325 g/mol. The van der Waals surface area contributed by atoms with Gasteiger partial charge in [0.25, 0.3) is 0 Å². The van der Waals surface area contributed by atoms with Crippen LogP contribution in [0.4, 0.5) is 0 Å². The van der Waals surface area contributed by atoms with Crippen LogP contribution in [0.15, 0.2) is 0 Å². The van der Waals surface area contributed by atoms with Crippen molar-refractivity contribution in [3.63, 3.8) is 0 Å². The van der Waals surface area contributed by atoms with Crippen LogP contribution in [0.3, 0.4) is 0 Å². The number of nitrogens with zero attached hydrogens (tertiary/aromatic N) is 1. The molecule has 4 fully saturated rings. The predicted molar refractivity (Wildman–Crippen MR) is 84.6 cm³/mol. The normalized spacial score (nSPS) is 42.5. The monoisotopic (exact) mass is 325 g/mol. The van der Waals surface area contributed by atoms with Crippen LogP contribution in [0.2, 0.25) is 0 Å². The topological polar surface area (TPSA) is 54.5 Å². The lowest BCUT2D eigenvalue weighted by atomic mass is 9.69. The van der Waals surface area contributed by atoms with Crippen LogP contribution in [-0.4, -0.2) is 30.4 Å². The third-order valence-electron chi connectivity index (χ3n) is 7.58. The van der Waals surface area contributed by atoms with E-state index in [2.05, 4.69) is 13.8 Å². The van der Waals surface area contributed by atoms with Gasteiger partial charge in [0.2, 0.25) is 15.9 Å². The Bertz CT molecular complexity index is 605. The highest BCUT2D eigenvalue weighted by atomic mass is 32.2. The van der Waals surface area contributed by atoms with Crippen molar-refractivity contribution in [2.75, 3.05) is 5.75 Å². The first kappa shape index (κ1) is 15.0. The van der Waals surface area contributed by atoms with Crippen LogP contribution < -0.4 is 0 Å². The molecule has 22 heavy (non-hydrogen) atoms. The van der Waals surface area contributed by atoms with E-state index in [1.807, 2.05) is 0 Å². The Labute approximate surface area is 133 Å². The summed E-state index contributed by atoms with van der Waals surface area (Å²) in [5.74, 6) is 0.646. The molecule has 3 saturated carbocycles. The molecule has 1 aliphatic heterocycles. The summed E-state index contributed by atoms with van der Waals surface area (Å²) in [7, 11) is -3.43. The summed E-state index contributed by atoms with van der Waals surface area (Å²) in [4.78, 5) is 13.0. The van der Waals surface area contributed by atoms with Gasteiger partial charge >= 0.3 is 0 Å². The van der Waals surface area contributed by atoms with Gasteiger partial charge in [-0.1, -0.05) is 33.1 Å². The minimum absolute atomic E-state index is 0.0479. The van der Waals surface area contributed by atoms with Crippen molar-refractivity contribution >= 4 is 15.9 Å². The lowest BCUT2D eigenvalue weighted by molar-refractivity contribution is -0.134. The SMILES string of the molecule is CC1(C)[C@@H]2CC[C@@]13CS(=O)(=O)N(C(=O)C1CCCCC1)[C@@H]3C2. The summed E-state index contributed by atoms with van der Waals surface area (Å²) >= 11 is 0. The fraction of sp³-hybridized carbons (Fsp3) is 0.941. The molecule has 2 bridgehead atoms. The molecule has 0 unspecified atom stereocenters.